The van der Waals surface area contributed by atoms with Crippen molar-refractivity contribution in [2.45, 2.75) is 44.9 Å². The molecule has 2 aliphatic rings. The van der Waals surface area contributed by atoms with Gasteiger partial charge in [-0.05, 0) is 61.9 Å². The molecule has 0 fully saturated rings. The van der Waals surface area contributed by atoms with E-state index in [0.29, 0.717) is 0 Å². The van der Waals surface area contributed by atoms with Crippen LogP contribution in [-0.2, 0) is 12.8 Å². The van der Waals surface area contributed by atoms with Crippen molar-refractivity contribution >= 4 is 0 Å². The maximum atomic E-state index is 5.70. The van der Waals surface area contributed by atoms with Crippen LogP contribution in [0.2, 0.25) is 0 Å². The molecular formula is C16H23NO. The molecule has 1 aliphatic carbocycles. The van der Waals surface area contributed by atoms with Crippen molar-refractivity contribution in [1.29, 1.82) is 0 Å². The maximum Gasteiger partial charge on any atom is 0.122 e. The number of hydrogen-bond acceptors (Lipinski definition) is 2. The van der Waals surface area contributed by atoms with E-state index < -0.39 is 0 Å². The van der Waals surface area contributed by atoms with Crippen LogP contribution in [0, 0.1) is 0 Å². The SMILES string of the molecule is CCCNCC[C@@H]1CCc2ccc3c(c21)CCO3. The van der Waals surface area contributed by atoms with Gasteiger partial charge < -0.3 is 10.1 Å². The van der Waals surface area contributed by atoms with Gasteiger partial charge in [-0.15, -0.1) is 0 Å². The summed E-state index contributed by atoms with van der Waals surface area (Å²) in [4.78, 5) is 0. The second-order valence-electron chi connectivity index (χ2n) is 5.49. The lowest BCUT2D eigenvalue weighted by atomic mass is 9.92. The van der Waals surface area contributed by atoms with Crippen molar-refractivity contribution in [2.75, 3.05) is 19.7 Å². The minimum Gasteiger partial charge on any atom is -0.493 e. The molecule has 1 N–H and O–H groups in total. The van der Waals surface area contributed by atoms with Crippen LogP contribution < -0.4 is 10.1 Å². The predicted molar refractivity (Wildman–Crippen MR) is 74.5 cm³/mol. The average Bonchev–Trinajstić information content (AvgIpc) is 3.00. The summed E-state index contributed by atoms with van der Waals surface area (Å²) in [6.45, 7) is 5.41. The zero-order chi connectivity index (χ0) is 12.4. The minimum atomic E-state index is 0.765. The van der Waals surface area contributed by atoms with Crippen LogP contribution in [0.5, 0.6) is 5.75 Å². The molecule has 2 nitrogen and oxygen atoms in total. The first-order valence-corrected chi connectivity index (χ1v) is 7.38. The van der Waals surface area contributed by atoms with Crippen molar-refractivity contribution in [3.8, 4) is 5.75 Å². The van der Waals surface area contributed by atoms with E-state index in [1.165, 1.54) is 31.2 Å². The summed E-state index contributed by atoms with van der Waals surface area (Å²) in [7, 11) is 0. The maximum absolute atomic E-state index is 5.70. The molecule has 1 heterocycles. The molecule has 0 unspecified atom stereocenters. The van der Waals surface area contributed by atoms with Gasteiger partial charge in [0.05, 0.1) is 6.61 Å². The number of aryl methyl sites for hydroxylation is 1. The van der Waals surface area contributed by atoms with Crippen LogP contribution in [0.25, 0.3) is 0 Å². The second-order valence-corrected chi connectivity index (χ2v) is 5.49. The number of fused-ring (bicyclic) bond motifs is 3. The van der Waals surface area contributed by atoms with Gasteiger partial charge in [0, 0.05) is 12.0 Å². The molecule has 0 aromatic heterocycles. The summed E-state index contributed by atoms with van der Waals surface area (Å²) in [5.74, 6) is 1.92. The lowest BCUT2D eigenvalue weighted by Gasteiger charge is -2.15. The van der Waals surface area contributed by atoms with Crippen LogP contribution in [0.3, 0.4) is 0 Å². The Balaban J connectivity index is 1.72. The lowest BCUT2D eigenvalue weighted by molar-refractivity contribution is 0.357. The van der Waals surface area contributed by atoms with Gasteiger partial charge in [0.15, 0.2) is 0 Å². The molecule has 0 spiro atoms. The van der Waals surface area contributed by atoms with Gasteiger partial charge in [-0.2, -0.15) is 0 Å². The van der Waals surface area contributed by atoms with Crippen LogP contribution >= 0.6 is 0 Å². The van der Waals surface area contributed by atoms with E-state index in [-0.39, 0.29) is 0 Å². The normalized spacial score (nSPS) is 20.6. The van der Waals surface area contributed by atoms with Gasteiger partial charge in [-0.1, -0.05) is 13.0 Å². The van der Waals surface area contributed by atoms with E-state index in [0.717, 1.165) is 37.8 Å². The summed E-state index contributed by atoms with van der Waals surface area (Å²) >= 11 is 0. The summed E-state index contributed by atoms with van der Waals surface area (Å²) in [5.41, 5.74) is 4.74. The molecule has 1 aliphatic heterocycles. The Morgan fingerprint density at radius 2 is 2.22 bits per heavy atom. The molecule has 2 heteroatoms. The summed E-state index contributed by atoms with van der Waals surface area (Å²) in [6.07, 6.45) is 6.23. The quantitative estimate of drug-likeness (QED) is 0.805. The van der Waals surface area contributed by atoms with E-state index in [4.69, 9.17) is 4.74 Å². The molecule has 3 rings (SSSR count). The van der Waals surface area contributed by atoms with E-state index in [1.54, 1.807) is 11.1 Å². The predicted octanol–water partition coefficient (Wildman–Crippen LogP) is 3.04. The third-order valence-corrected chi connectivity index (χ3v) is 4.28. The highest BCUT2D eigenvalue weighted by molar-refractivity contribution is 5.51. The fraction of sp³-hybridized carbons (Fsp3) is 0.625. The third-order valence-electron chi connectivity index (χ3n) is 4.28. The largest absolute Gasteiger partial charge is 0.493 e. The molecule has 0 saturated heterocycles. The van der Waals surface area contributed by atoms with E-state index in [2.05, 4.69) is 24.4 Å². The zero-order valence-electron chi connectivity index (χ0n) is 11.3. The number of rotatable bonds is 5. The molecule has 98 valence electrons. The Morgan fingerprint density at radius 1 is 1.28 bits per heavy atom. The minimum absolute atomic E-state index is 0.765. The first kappa shape index (κ1) is 12.0. The first-order chi connectivity index (χ1) is 8.90. The van der Waals surface area contributed by atoms with Crippen LogP contribution in [0.4, 0.5) is 0 Å². The summed E-state index contributed by atoms with van der Waals surface area (Å²) in [5, 5.41) is 3.53. The molecule has 0 bridgehead atoms. The third kappa shape index (κ3) is 2.14. The molecule has 0 saturated carbocycles. The Bertz CT molecular complexity index is 427. The van der Waals surface area contributed by atoms with Gasteiger partial charge in [0.25, 0.3) is 0 Å². The van der Waals surface area contributed by atoms with Gasteiger partial charge in [0.2, 0.25) is 0 Å². The van der Waals surface area contributed by atoms with Crippen molar-refractivity contribution in [3.05, 3.63) is 28.8 Å². The van der Waals surface area contributed by atoms with Gasteiger partial charge in [-0.3, -0.25) is 0 Å². The summed E-state index contributed by atoms with van der Waals surface area (Å²) < 4.78 is 5.70. The van der Waals surface area contributed by atoms with Gasteiger partial charge in [-0.25, -0.2) is 0 Å². The highest BCUT2D eigenvalue weighted by Gasteiger charge is 2.28. The molecule has 1 aromatic carbocycles. The molecule has 0 amide bonds. The van der Waals surface area contributed by atoms with E-state index >= 15 is 0 Å². The topological polar surface area (TPSA) is 21.3 Å². The number of hydrogen-bond donors (Lipinski definition) is 1. The smallest absolute Gasteiger partial charge is 0.122 e. The van der Waals surface area contributed by atoms with Crippen molar-refractivity contribution in [3.63, 3.8) is 0 Å². The Kier molecular flexibility index (Phi) is 3.55. The van der Waals surface area contributed by atoms with Crippen molar-refractivity contribution in [1.82, 2.24) is 5.32 Å². The highest BCUT2D eigenvalue weighted by Crippen LogP contribution is 2.42. The first-order valence-electron chi connectivity index (χ1n) is 7.38. The number of nitrogens with one attached hydrogen (secondary N) is 1. The second kappa shape index (κ2) is 5.31. The fourth-order valence-corrected chi connectivity index (χ4v) is 3.42. The standard InChI is InChI=1S/C16H23NO/c1-2-9-17-10-7-13-4-3-12-5-6-15-14(16(12)13)8-11-18-15/h5-6,13,17H,2-4,7-11H2,1H3/t13-/m0/s1. The van der Waals surface area contributed by atoms with Crippen LogP contribution in [0.1, 0.15) is 48.8 Å². The van der Waals surface area contributed by atoms with Crippen LogP contribution in [-0.4, -0.2) is 19.7 Å². The molecule has 18 heavy (non-hydrogen) atoms. The van der Waals surface area contributed by atoms with Gasteiger partial charge in [0.1, 0.15) is 5.75 Å². The monoisotopic (exact) mass is 245 g/mol. The molecule has 0 radical (unpaired) electrons. The number of ether oxygens (including phenoxy) is 1. The Labute approximate surface area is 110 Å². The van der Waals surface area contributed by atoms with Gasteiger partial charge >= 0.3 is 0 Å². The fourth-order valence-electron chi connectivity index (χ4n) is 3.42. The van der Waals surface area contributed by atoms with Crippen molar-refractivity contribution in [2.24, 2.45) is 0 Å². The Hall–Kier alpha value is -1.02. The van der Waals surface area contributed by atoms with E-state index in [1.807, 2.05) is 0 Å². The Morgan fingerprint density at radius 3 is 3.11 bits per heavy atom. The molecule has 1 atom stereocenters. The molecular weight excluding hydrogens is 222 g/mol. The molecule has 1 aromatic rings. The van der Waals surface area contributed by atoms with Crippen molar-refractivity contribution < 1.29 is 4.74 Å². The number of benzene rings is 1. The average molecular weight is 245 g/mol. The summed E-state index contributed by atoms with van der Waals surface area (Å²) in [6, 6.07) is 4.47. The lowest BCUT2D eigenvalue weighted by Crippen LogP contribution is -2.18. The zero-order valence-corrected chi connectivity index (χ0v) is 11.3. The van der Waals surface area contributed by atoms with E-state index in [9.17, 15) is 0 Å². The van der Waals surface area contributed by atoms with Crippen LogP contribution in [0.15, 0.2) is 12.1 Å². The highest BCUT2D eigenvalue weighted by atomic mass is 16.5.